The second-order valence-electron chi connectivity index (χ2n) is 6.04. The molecule has 130 valence electrons. The molecule has 0 spiro atoms. The van der Waals surface area contributed by atoms with E-state index in [1.165, 1.54) is 24.1 Å². The number of rotatable bonds is 5. The quantitative estimate of drug-likeness (QED) is 0.848. The molecule has 1 N–H and O–H groups in total. The average Bonchev–Trinajstić information content (AvgIpc) is 2.92. The van der Waals surface area contributed by atoms with Crippen molar-refractivity contribution < 1.29 is 19.4 Å². The smallest absolute Gasteiger partial charge is 0.424 e. The highest BCUT2D eigenvalue weighted by molar-refractivity contribution is 5.79. The molecule has 25 heavy (non-hydrogen) atoms. The summed E-state index contributed by atoms with van der Waals surface area (Å²) in [6.45, 7) is -0.0706. The Morgan fingerprint density at radius 1 is 1.00 bits per heavy atom. The van der Waals surface area contributed by atoms with Crippen molar-refractivity contribution in [1.82, 2.24) is 10.0 Å². The molecular formula is C19H20N2O4. The van der Waals surface area contributed by atoms with Crippen LogP contribution in [-0.4, -0.2) is 54.4 Å². The summed E-state index contributed by atoms with van der Waals surface area (Å²) in [7, 11) is 3.01. The number of ether oxygens (including phenoxy) is 1. The molecule has 0 atom stereocenters. The third-order valence-electron chi connectivity index (χ3n) is 4.48. The zero-order chi connectivity index (χ0) is 18.0. The number of amides is 1. The molecule has 0 aliphatic heterocycles. The summed E-state index contributed by atoms with van der Waals surface area (Å²) in [6, 6.07) is 16.2. The minimum absolute atomic E-state index is 0.0190. The molecule has 0 saturated heterocycles. The number of aliphatic carboxylic acids is 1. The van der Waals surface area contributed by atoms with Crippen LogP contribution in [0.4, 0.5) is 4.79 Å². The molecule has 1 aliphatic rings. The van der Waals surface area contributed by atoms with Gasteiger partial charge in [-0.2, -0.15) is 0 Å². The Hall–Kier alpha value is -2.86. The van der Waals surface area contributed by atoms with Crippen LogP contribution in [0.5, 0.6) is 0 Å². The Morgan fingerprint density at radius 2 is 1.52 bits per heavy atom. The van der Waals surface area contributed by atoms with Crippen molar-refractivity contribution in [2.45, 2.75) is 5.92 Å². The summed E-state index contributed by atoms with van der Waals surface area (Å²) in [4.78, 5) is 23.0. The Kier molecular flexibility index (Phi) is 4.72. The van der Waals surface area contributed by atoms with Crippen molar-refractivity contribution in [3.05, 3.63) is 59.7 Å². The van der Waals surface area contributed by atoms with Gasteiger partial charge >= 0.3 is 12.1 Å². The number of carbonyl (C=O) groups excluding carboxylic acids is 1. The number of nitrogens with zero attached hydrogens (tertiary/aromatic N) is 2. The Balaban J connectivity index is 1.73. The van der Waals surface area contributed by atoms with E-state index in [0.717, 1.165) is 22.3 Å². The fraction of sp³-hybridized carbons (Fsp3) is 0.263. The number of hydrazine groups is 1. The fourth-order valence-corrected chi connectivity index (χ4v) is 3.13. The third kappa shape index (κ3) is 3.34. The monoisotopic (exact) mass is 340 g/mol. The topological polar surface area (TPSA) is 70.1 Å². The van der Waals surface area contributed by atoms with Crippen molar-refractivity contribution in [3.8, 4) is 11.1 Å². The van der Waals surface area contributed by atoms with E-state index >= 15 is 0 Å². The predicted molar refractivity (Wildman–Crippen MR) is 93.1 cm³/mol. The highest BCUT2D eigenvalue weighted by atomic mass is 16.6. The molecular weight excluding hydrogens is 320 g/mol. The van der Waals surface area contributed by atoms with E-state index in [2.05, 4.69) is 12.1 Å². The van der Waals surface area contributed by atoms with Crippen LogP contribution in [0, 0.1) is 0 Å². The minimum Gasteiger partial charge on any atom is -0.480 e. The molecule has 2 aromatic rings. The molecule has 0 saturated carbocycles. The maximum atomic E-state index is 12.2. The molecule has 0 bridgehead atoms. The van der Waals surface area contributed by atoms with Gasteiger partial charge in [-0.15, -0.1) is 0 Å². The summed E-state index contributed by atoms with van der Waals surface area (Å²) in [6.07, 6.45) is -0.578. The van der Waals surface area contributed by atoms with Crippen LogP contribution >= 0.6 is 0 Å². The van der Waals surface area contributed by atoms with Gasteiger partial charge in [0.1, 0.15) is 13.2 Å². The molecule has 0 unspecified atom stereocenters. The number of benzene rings is 2. The summed E-state index contributed by atoms with van der Waals surface area (Å²) >= 11 is 0. The van der Waals surface area contributed by atoms with Gasteiger partial charge < -0.3 is 9.84 Å². The molecule has 6 heteroatoms. The molecule has 3 rings (SSSR count). The highest BCUT2D eigenvalue weighted by Crippen LogP contribution is 2.44. The first kappa shape index (κ1) is 17.0. The average molecular weight is 340 g/mol. The van der Waals surface area contributed by atoms with Crippen LogP contribution in [0.25, 0.3) is 11.1 Å². The number of hydrogen-bond acceptors (Lipinski definition) is 4. The van der Waals surface area contributed by atoms with Gasteiger partial charge in [-0.25, -0.2) is 14.8 Å². The van der Waals surface area contributed by atoms with Gasteiger partial charge in [-0.3, -0.25) is 4.79 Å². The van der Waals surface area contributed by atoms with Crippen molar-refractivity contribution >= 4 is 12.1 Å². The predicted octanol–water partition coefficient (Wildman–Crippen LogP) is 2.80. The second-order valence-corrected chi connectivity index (χ2v) is 6.04. The number of fused-ring (bicyclic) bond motifs is 3. The SMILES string of the molecule is CN(CC(=O)O)N(C)C(=O)OCC1c2ccccc2-c2ccccc21. The number of likely N-dealkylation sites (N-methyl/N-ethyl adjacent to an activating group) is 1. The van der Waals surface area contributed by atoms with Gasteiger partial charge in [0, 0.05) is 20.0 Å². The van der Waals surface area contributed by atoms with Crippen LogP contribution in [0.3, 0.4) is 0 Å². The lowest BCUT2D eigenvalue weighted by molar-refractivity contribution is -0.141. The van der Waals surface area contributed by atoms with Crippen LogP contribution < -0.4 is 0 Å². The van der Waals surface area contributed by atoms with Gasteiger partial charge in [0.15, 0.2) is 0 Å². The van der Waals surface area contributed by atoms with Crippen LogP contribution in [0.15, 0.2) is 48.5 Å². The Bertz CT molecular complexity index is 760. The molecule has 6 nitrogen and oxygen atoms in total. The summed E-state index contributed by atoms with van der Waals surface area (Å²) < 4.78 is 5.46. The van der Waals surface area contributed by atoms with Crippen LogP contribution in [0.1, 0.15) is 17.0 Å². The van der Waals surface area contributed by atoms with Crippen LogP contribution in [0.2, 0.25) is 0 Å². The van der Waals surface area contributed by atoms with E-state index in [-0.39, 0.29) is 19.1 Å². The normalized spacial score (nSPS) is 12.6. The van der Waals surface area contributed by atoms with Crippen molar-refractivity contribution in [2.24, 2.45) is 0 Å². The maximum absolute atomic E-state index is 12.2. The largest absolute Gasteiger partial charge is 0.480 e. The zero-order valence-corrected chi connectivity index (χ0v) is 14.2. The standard InChI is InChI=1S/C19H20N2O4/c1-20(11-18(22)23)21(2)19(24)25-12-17-15-9-5-3-7-13(15)14-8-4-6-10-16(14)17/h3-10,17H,11-12H2,1-2H3,(H,22,23). The number of carboxylic acid groups (broad SMARTS) is 1. The van der Waals surface area contributed by atoms with Gasteiger partial charge in [0.25, 0.3) is 0 Å². The molecule has 1 aliphatic carbocycles. The Morgan fingerprint density at radius 3 is 2.04 bits per heavy atom. The van der Waals surface area contributed by atoms with E-state index < -0.39 is 12.1 Å². The zero-order valence-electron chi connectivity index (χ0n) is 14.2. The number of carboxylic acids is 1. The molecule has 0 fully saturated rings. The fourth-order valence-electron chi connectivity index (χ4n) is 3.13. The lowest BCUT2D eigenvalue weighted by atomic mass is 9.98. The minimum atomic E-state index is -1.01. The Labute approximate surface area is 146 Å². The molecule has 0 radical (unpaired) electrons. The van der Waals surface area contributed by atoms with Crippen LogP contribution in [-0.2, 0) is 9.53 Å². The first-order valence-electron chi connectivity index (χ1n) is 8.00. The van der Waals surface area contributed by atoms with Crippen molar-refractivity contribution in [3.63, 3.8) is 0 Å². The van der Waals surface area contributed by atoms with E-state index in [1.807, 2.05) is 36.4 Å². The van der Waals surface area contributed by atoms with Gasteiger partial charge in [0.05, 0.1) is 0 Å². The van der Waals surface area contributed by atoms with E-state index in [4.69, 9.17) is 9.84 Å². The van der Waals surface area contributed by atoms with Gasteiger partial charge in [-0.1, -0.05) is 48.5 Å². The summed E-state index contributed by atoms with van der Waals surface area (Å²) in [5.74, 6) is -1.03. The molecule has 1 amide bonds. The third-order valence-corrected chi connectivity index (χ3v) is 4.48. The van der Waals surface area contributed by atoms with Crippen molar-refractivity contribution in [1.29, 1.82) is 0 Å². The second kappa shape index (κ2) is 6.94. The highest BCUT2D eigenvalue weighted by Gasteiger charge is 2.29. The first-order valence-corrected chi connectivity index (χ1v) is 8.00. The maximum Gasteiger partial charge on any atom is 0.424 e. The lowest BCUT2D eigenvalue weighted by Gasteiger charge is -2.26. The first-order chi connectivity index (χ1) is 12.0. The van der Waals surface area contributed by atoms with E-state index in [1.54, 1.807) is 0 Å². The van der Waals surface area contributed by atoms with E-state index in [9.17, 15) is 9.59 Å². The number of carbonyl (C=O) groups is 2. The number of hydrogen-bond donors (Lipinski definition) is 1. The summed E-state index contributed by atoms with van der Waals surface area (Å²) in [5.41, 5.74) is 4.60. The van der Waals surface area contributed by atoms with Gasteiger partial charge in [-0.05, 0) is 22.3 Å². The summed E-state index contributed by atoms with van der Waals surface area (Å²) in [5, 5.41) is 11.3. The van der Waals surface area contributed by atoms with E-state index in [0.29, 0.717) is 0 Å². The van der Waals surface area contributed by atoms with Gasteiger partial charge in [0.2, 0.25) is 0 Å². The molecule has 0 heterocycles. The van der Waals surface area contributed by atoms with Crippen molar-refractivity contribution in [2.75, 3.05) is 27.2 Å². The molecule has 0 aromatic heterocycles. The molecule has 2 aromatic carbocycles. The lowest BCUT2D eigenvalue weighted by Crippen LogP contribution is -2.44.